The van der Waals surface area contributed by atoms with Gasteiger partial charge in [0.15, 0.2) is 8.32 Å². The fraction of sp³-hybridized carbons (Fsp3) is 0.889. The van der Waals surface area contributed by atoms with Gasteiger partial charge in [-0.05, 0) is 25.1 Å². The van der Waals surface area contributed by atoms with Gasteiger partial charge in [0, 0.05) is 0 Å². The lowest BCUT2D eigenvalue weighted by atomic mass is 10.5. The molecule has 12 heavy (non-hydrogen) atoms. The van der Waals surface area contributed by atoms with Gasteiger partial charge >= 0.3 is 0 Å². The highest BCUT2D eigenvalue weighted by Gasteiger charge is 2.30. The van der Waals surface area contributed by atoms with Gasteiger partial charge in [0.2, 0.25) is 0 Å². The highest BCUT2D eigenvalue weighted by Crippen LogP contribution is 2.22. The molecule has 0 saturated carbocycles. The highest BCUT2D eigenvalue weighted by atomic mass is 28.4. The van der Waals surface area contributed by atoms with Crippen molar-refractivity contribution in [3.8, 4) is 0 Å². The lowest BCUT2D eigenvalue weighted by Crippen LogP contribution is -2.39. The molecule has 0 radical (unpaired) electrons. The molecule has 0 rings (SSSR count). The molecule has 2 nitrogen and oxygen atoms in total. The van der Waals surface area contributed by atoms with E-state index in [1.807, 2.05) is 6.92 Å². The third-order valence-electron chi connectivity index (χ3n) is 2.56. The van der Waals surface area contributed by atoms with Crippen LogP contribution >= 0.6 is 0 Å². The van der Waals surface area contributed by atoms with Crippen LogP contribution in [0.15, 0.2) is 0 Å². The Kier molecular flexibility index (Phi) is 5.42. The lowest BCUT2D eigenvalue weighted by Gasteiger charge is -2.29. The molecule has 1 atom stereocenters. The van der Waals surface area contributed by atoms with Gasteiger partial charge in [0.1, 0.15) is 6.29 Å². The fourth-order valence-corrected chi connectivity index (χ4v) is 4.27. The second kappa shape index (κ2) is 5.49. The zero-order chi connectivity index (χ0) is 9.61. The molecule has 0 aromatic carbocycles. The van der Waals surface area contributed by atoms with Gasteiger partial charge < -0.3 is 9.22 Å². The Hall–Kier alpha value is -0.153. The van der Waals surface area contributed by atoms with E-state index in [9.17, 15) is 4.79 Å². The quantitative estimate of drug-likeness (QED) is 0.473. The maximum atomic E-state index is 10.4. The molecule has 0 bridgehead atoms. The summed E-state index contributed by atoms with van der Waals surface area (Å²) in [7, 11) is -1.53. The van der Waals surface area contributed by atoms with Gasteiger partial charge in [-0.3, -0.25) is 0 Å². The maximum absolute atomic E-state index is 10.4. The van der Waals surface area contributed by atoms with Crippen molar-refractivity contribution in [2.24, 2.45) is 0 Å². The number of carbonyl (C=O) groups is 1. The van der Waals surface area contributed by atoms with Gasteiger partial charge in [0.05, 0.1) is 6.10 Å². The van der Waals surface area contributed by atoms with Crippen molar-refractivity contribution >= 4 is 14.6 Å². The van der Waals surface area contributed by atoms with Gasteiger partial charge in [0.25, 0.3) is 0 Å². The number of hydrogen-bond acceptors (Lipinski definition) is 2. The summed E-state index contributed by atoms with van der Waals surface area (Å²) < 4.78 is 5.81. The fourth-order valence-electron chi connectivity index (χ4n) is 1.42. The molecule has 0 aliphatic carbocycles. The Labute approximate surface area is 76.4 Å². The molecule has 72 valence electrons. The van der Waals surface area contributed by atoms with Gasteiger partial charge in [-0.15, -0.1) is 0 Å². The number of rotatable bonds is 6. The number of aldehydes is 1. The summed E-state index contributed by atoms with van der Waals surface area (Å²) in [5, 5.41) is 0. The summed E-state index contributed by atoms with van der Waals surface area (Å²) in [6, 6.07) is 3.33. The molecule has 0 spiro atoms. The molecule has 0 amide bonds. The second-order valence-electron chi connectivity index (χ2n) is 3.20. The smallest absolute Gasteiger partial charge is 0.193 e. The molecular weight excluding hydrogens is 168 g/mol. The van der Waals surface area contributed by atoms with Crippen molar-refractivity contribution < 1.29 is 9.22 Å². The van der Waals surface area contributed by atoms with E-state index in [-0.39, 0.29) is 6.10 Å². The van der Waals surface area contributed by atoms with Crippen LogP contribution in [0, 0.1) is 0 Å². The summed E-state index contributed by atoms with van der Waals surface area (Å²) in [6.45, 7) is 8.32. The van der Waals surface area contributed by atoms with Crippen molar-refractivity contribution in [1.29, 1.82) is 0 Å². The van der Waals surface area contributed by atoms with Crippen LogP contribution in [0.4, 0.5) is 0 Å². The Morgan fingerprint density at radius 2 is 1.67 bits per heavy atom. The van der Waals surface area contributed by atoms with Crippen LogP contribution in [0.5, 0.6) is 0 Å². The summed E-state index contributed by atoms with van der Waals surface area (Å²) in [5.41, 5.74) is 0. The zero-order valence-corrected chi connectivity index (χ0v) is 9.59. The lowest BCUT2D eigenvalue weighted by molar-refractivity contribution is -0.113. The Morgan fingerprint density at radius 3 is 1.92 bits per heavy atom. The predicted molar refractivity (Wildman–Crippen MR) is 53.8 cm³/mol. The topological polar surface area (TPSA) is 26.3 Å². The molecule has 3 heteroatoms. The van der Waals surface area contributed by atoms with Crippen LogP contribution in [0.1, 0.15) is 27.7 Å². The minimum absolute atomic E-state index is 0.212. The van der Waals surface area contributed by atoms with Gasteiger partial charge in [-0.2, -0.15) is 0 Å². The standard InChI is InChI=1S/C9H20O2Si/c1-5-12(6-2,7-3)11-9(4)8-10/h8-9H,5-7H2,1-4H3. The van der Waals surface area contributed by atoms with E-state index in [1.165, 1.54) is 0 Å². The Bertz CT molecular complexity index is 124. The van der Waals surface area contributed by atoms with E-state index in [0.717, 1.165) is 24.4 Å². The SMILES string of the molecule is CC[Si](CC)(CC)OC(C)C=O. The molecule has 1 unspecified atom stereocenters. The predicted octanol–water partition coefficient (Wildman–Crippen LogP) is 2.60. The number of carbonyl (C=O) groups excluding carboxylic acids is 1. The average Bonchev–Trinajstić information content (AvgIpc) is 2.14. The Morgan fingerprint density at radius 1 is 1.25 bits per heavy atom. The summed E-state index contributed by atoms with van der Waals surface area (Å²) >= 11 is 0. The van der Waals surface area contributed by atoms with E-state index in [2.05, 4.69) is 20.8 Å². The molecule has 0 aromatic heterocycles. The monoisotopic (exact) mass is 188 g/mol. The first-order valence-corrected chi connectivity index (χ1v) is 7.30. The van der Waals surface area contributed by atoms with E-state index >= 15 is 0 Å². The van der Waals surface area contributed by atoms with Gasteiger partial charge in [-0.1, -0.05) is 20.8 Å². The molecular formula is C9H20O2Si. The first kappa shape index (κ1) is 11.8. The molecule has 0 fully saturated rings. The summed E-state index contributed by atoms with van der Waals surface area (Å²) in [5.74, 6) is 0. The van der Waals surface area contributed by atoms with Crippen LogP contribution in [-0.4, -0.2) is 20.7 Å². The third kappa shape index (κ3) is 3.07. The largest absolute Gasteiger partial charge is 0.408 e. The molecule has 0 heterocycles. The Balaban J connectivity index is 4.18. The van der Waals surface area contributed by atoms with E-state index in [0.29, 0.717) is 0 Å². The van der Waals surface area contributed by atoms with Crippen molar-refractivity contribution in [1.82, 2.24) is 0 Å². The van der Waals surface area contributed by atoms with Crippen molar-refractivity contribution in [2.45, 2.75) is 51.9 Å². The minimum Gasteiger partial charge on any atom is -0.408 e. The van der Waals surface area contributed by atoms with Crippen molar-refractivity contribution in [3.05, 3.63) is 0 Å². The first-order chi connectivity index (χ1) is 5.64. The summed E-state index contributed by atoms with van der Waals surface area (Å²) in [4.78, 5) is 10.4. The van der Waals surface area contributed by atoms with E-state index in [4.69, 9.17) is 4.43 Å². The van der Waals surface area contributed by atoms with Crippen LogP contribution in [0.2, 0.25) is 18.1 Å². The van der Waals surface area contributed by atoms with E-state index < -0.39 is 8.32 Å². The molecule has 0 aliphatic rings. The third-order valence-corrected chi connectivity index (χ3v) is 7.30. The highest BCUT2D eigenvalue weighted by molar-refractivity contribution is 6.73. The first-order valence-electron chi connectivity index (χ1n) is 4.77. The summed E-state index contributed by atoms with van der Waals surface area (Å²) in [6.07, 6.45) is 0.680. The molecule has 0 N–H and O–H groups in total. The maximum Gasteiger partial charge on any atom is 0.193 e. The van der Waals surface area contributed by atoms with Crippen molar-refractivity contribution in [2.75, 3.05) is 0 Å². The van der Waals surface area contributed by atoms with Crippen LogP contribution in [0.3, 0.4) is 0 Å². The minimum atomic E-state index is -1.53. The molecule has 0 aromatic rings. The van der Waals surface area contributed by atoms with Crippen LogP contribution in [-0.2, 0) is 9.22 Å². The molecule has 0 saturated heterocycles. The van der Waals surface area contributed by atoms with E-state index in [1.54, 1.807) is 0 Å². The zero-order valence-electron chi connectivity index (χ0n) is 8.59. The second-order valence-corrected chi connectivity index (χ2v) is 7.93. The van der Waals surface area contributed by atoms with Crippen LogP contribution < -0.4 is 0 Å². The van der Waals surface area contributed by atoms with Crippen LogP contribution in [0.25, 0.3) is 0 Å². The molecule has 0 aliphatic heterocycles. The number of hydrogen-bond donors (Lipinski definition) is 0. The van der Waals surface area contributed by atoms with Crippen molar-refractivity contribution in [3.63, 3.8) is 0 Å². The average molecular weight is 188 g/mol. The van der Waals surface area contributed by atoms with Gasteiger partial charge in [-0.25, -0.2) is 0 Å². The normalized spacial score (nSPS) is 14.3.